The van der Waals surface area contributed by atoms with Crippen molar-refractivity contribution >= 4 is 46.5 Å². The van der Waals surface area contributed by atoms with Crippen molar-refractivity contribution in [3.05, 3.63) is 65.7 Å². The Bertz CT molecular complexity index is 961. The second-order valence-electron chi connectivity index (χ2n) is 5.70. The number of thioether (sulfide) groups is 2. The molecule has 0 bridgehead atoms. The average molecular weight is 431 g/mol. The number of carbonyl (C=O) groups is 1. The summed E-state index contributed by atoms with van der Waals surface area (Å²) in [5, 5.41) is 22.7. The van der Waals surface area contributed by atoms with Crippen LogP contribution in [0.2, 0.25) is 0 Å². The Morgan fingerprint density at radius 2 is 2.04 bits per heavy atom. The molecule has 2 N–H and O–H groups in total. The third-order valence-corrected chi connectivity index (χ3v) is 6.88. The van der Waals surface area contributed by atoms with Gasteiger partial charge in [0.1, 0.15) is 0 Å². The van der Waals surface area contributed by atoms with Crippen molar-refractivity contribution in [1.82, 2.24) is 10.5 Å². The predicted octanol–water partition coefficient (Wildman–Crippen LogP) is 2.96. The van der Waals surface area contributed by atoms with E-state index in [1.165, 1.54) is 40.8 Å². The fourth-order valence-electron chi connectivity index (χ4n) is 2.15. The van der Waals surface area contributed by atoms with Crippen molar-refractivity contribution in [2.75, 3.05) is 5.75 Å². The Hall–Kier alpha value is -2.36. The number of rotatable bonds is 8. The second-order valence-corrected chi connectivity index (χ2v) is 9.17. The third kappa shape index (κ3) is 6.36. The molecule has 1 aromatic heterocycles. The van der Waals surface area contributed by atoms with Gasteiger partial charge in [-0.2, -0.15) is 5.10 Å². The summed E-state index contributed by atoms with van der Waals surface area (Å²) in [6.07, 6.45) is 0. The lowest BCUT2D eigenvalue weighted by Crippen LogP contribution is -2.21. The van der Waals surface area contributed by atoms with Crippen molar-refractivity contribution < 1.29 is 15.0 Å². The summed E-state index contributed by atoms with van der Waals surface area (Å²) in [4.78, 5) is 12.0. The first-order chi connectivity index (χ1) is 13.6. The van der Waals surface area contributed by atoms with Gasteiger partial charge in [0.2, 0.25) is 4.34 Å². The van der Waals surface area contributed by atoms with E-state index in [4.69, 9.17) is 0 Å². The van der Waals surface area contributed by atoms with E-state index in [9.17, 15) is 9.90 Å². The highest BCUT2D eigenvalue weighted by Gasteiger charge is 2.13. The highest BCUT2D eigenvalue weighted by molar-refractivity contribution is 8.03. The lowest BCUT2D eigenvalue weighted by Gasteiger charge is -2.07. The molecule has 9 heteroatoms. The van der Waals surface area contributed by atoms with Gasteiger partial charge in [-0.25, -0.2) is 5.43 Å². The van der Waals surface area contributed by atoms with Crippen LogP contribution >= 0.6 is 34.9 Å². The minimum absolute atomic E-state index is 0.0881. The van der Waals surface area contributed by atoms with Crippen molar-refractivity contribution in [3.8, 4) is 5.75 Å². The zero-order valence-corrected chi connectivity index (χ0v) is 17.5. The number of aromatic nitrogens is 2. The Kier molecular flexibility index (Phi) is 7.46. The number of H-pyrrole nitrogens is 1. The molecule has 0 fully saturated rings. The molecule has 6 nitrogen and oxygen atoms in total. The van der Waals surface area contributed by atoms with Gasteiger partial charge in [-0.3, -0.25) is 4.79 Å². The van der Waals surface area contributed by atoms with Crippen molar-refractivity contribution in [1.29, 1.82) is 0 Å². The molecule has 0 aliphatic carbocycles. The molecule has 0 aliphatic rings. The average Bonchev–Trinajstić information content (AvgIpc) is 3.17. The van der Waals surface area contributed by atoms with Crippen molar-refractivity contribution in [3.63, 3.8) is 0 Å². The maximum absolute atomic E-state index is 12.0. The van der Waals surface area contributed by atoms with Gasteiger partial charge >= 0.3 is 4.34 Å². The highest BCUT2D eigenvalue weighted by atomic mass is 32.2. The number of carbonyl (C=O) groups excluding carboxylic acids is 1. The fraction of sp³-hybridized carbons (Fsp3) is 0.158. The number of aromatic amines is 1. The Morgan fingerprint density at radius 3 is 2.82 bits per heavy atom. The number of hydrogen-bond acceptors (Lipinski definition) is 7. The summed E-state index contributed by atoms with van der Waals surface area (Å²) in [5.41, 5.74) is 5.03. The number of hydrogen-bond donors (Lipinski definition) is 1. The standard InChI is InChI=1S/C19H18N4O2S3/c1-13(15-8-5-9-16(24)10-15)20-21-17(25)12-27-19-23-22-18(28-19)26-11-14-6-3-2-4-7-14/h2-10,24H,11-12H2,1H3,(H,21,25)/b20-13+. The summed E-state index contributed by atoms with van der Waals surface area (Å²) in [6, 6.07) is 16.6. The predicted molar refractivity (Wildman–Crippen MR) is 112 cm³/mol. The van der Waals surface area contributed by atoms with Gasteiger partial charge in [0.25, 0.3) is 5.91 Å². The molecule has 0 atom stereocenters. The van der Waals surface area contributed by atoms with Gasteiger partial charge in [0, 0.05) is 10.9 Å². The van der Waals surface area contributed by atoms with Gasteiger partial charge in [-0.15, -0.1) is 5.75 Å². The largest absolute Gasteiger partial charge is 0.872 e. The summed E-state index contributed by atoms with van der Waals surface area (Å²) in [7, 11) is 0. The van der Waals surface area contributed by atoms with E-state index >= 15 is 0 Å². The van der Waals surface area contributed by atoms with Crippen LogP contribution in [0.4, 0.5) is 0 Å². The smallest absolute Gasteiger partial charge is 0.323 e. The molecule has 3 rings (SSSR count). The number of nitrogens with one attached hydrogen (secondary N) is 2. The molecule has 3 aromatic rings. The molecule has 0 spiro atoms. The van der Waals surface area contributed by atoms with Gasteiger partial charge in [0.05, 0.1) is 11.5 Å². The summed E-state index contributed by atoms with van der Waals surface area (Å²) in [6.45, 7) is 1.74. The maximum atomic E-state index is 12.0. The minimum Gasteiger partial charge on any atom is -0.872 e. The molecular formula is C19H18N4O2S3. The zero-order valence-electron chi connectivity index (χ0n) is 15.0. The SMILES string of the molecule is C/C(=N\NC(=O)CSc1n[nH+]c(SCc2ccccc2)s1)c1cccc([O-])c1. The van der Waals surface area contributed by atoms with Crippen LogP contribution < -0.4 is 15.6 Å². The molecule has 0 saturated carbocycles. The van der Waals surface area contributed by atoms with Crippen LogP contribution in [0.25, 0.3) is 0 Å². The van der Waals surface area contributed by atoms with Gasteiger partial charge in [-0.1, -0.05) is 71.5 Å². The minimum atomic E-state index is -0.226. The van der Waals surface area contributed by atoms with Crippen molar-refractivity contribution in [2.24, 2.45) is 5.10 Å². The van der Waals surface area contributed by atoms with Gasteiger partial charge in [0.15, 0.2) is 0 Å². The molecule has 0 saturated heterocycles. The van der Waals surface area contributed by atoms with Crippen LogP contribution in [0.5, 0.6) is 5.75 Å². The van der Waals surface area contributed by atoms with E-state index < -0.39 is 0 Å². The second kappa shape index (κ2) is 10.3. The van der Waals surface area contributed by atoms with Crippen LogP contribution in [0.1, 0.15) is 18.1 Å². The maximum Gasteiger partial charge on any atom is 0.323 e. The van der Waals surface area contributed by atoms with E-state index in [1.54, 1.807) is 30.8 Å². The molecule has 144 valence electrons. The fourth-order valence-corrected chi connectivity index (χ4v) is 5.00. The molecule has 1 heterocycles. The Morgan fingerprint density at radius 1 is 1.21 bits per heavy atom. The first-order valence-electron chi connectivity index (χ1n) is 8.39. The molecule has 0 aliphatic heterocycles. The summed E-state index contributed by atoms with van der Waals surface area (Å²) in [5.74, 6) is 0.761. The van der Waals surface area contributed by atoms with E-state index in [1.807, 2.05) is 18.2 Å². The zero-order chi connectivity index (χ0) is 19.8. The summed E-state index contributed by atoms with van der Waals surface area (Å²) >= 11 is 4.56. The van der Waals surface area contributed by atoms with Gasteiger partial charge < -0.3 is 5.11 Å². The lowest BCUT2D eigenvalue weighted by molar-refractivity contribution is -0.492. The summed E-state index contributed by atoms with van der Waals surface area (Å²) < 4.78 is 1.79. The Labute approximate surface area is 175 Å². The topological polar surface area (TPSA) is 91.6 Å². The monoisotopic (exact) mass is 430 g/mol. The molecule has 1 amide bonds. The molecule has 0 unspecified atom stereocenters. The number of benzene rings is 2. The molecular weight excluding hydrogens is 412 g/mol. The van der Waals surface area contributed by atoms with E-state index in [0.717, 1.165) is 14.4 Å². The van der Waals surface area contributed by atoms with Crippen LogP contribution in [0, 0.1) is 0 Å². The highest BCUT2D eigenvalue weighted by Crippen LogP contribution is 2.28. The van der Waals surface area contributed by atoms with Crippen molar-refractivity contribution in [2.45, 2.75) is 21.4 Å². The molecule has 2 aromatic carbocycles. The first-order valence-corrected chi connectivity index (χ1v) is 11.2. The normalized spacial score (nSPS) is 11.4. The van der Waals surface area contributed by atoms with Gasteiger partial charge in [-0.05, 0) is 41.1 Å². The molecule has 0 radical (unpaired) electrons. The van der Waals surface area contributed by atoms with Crippen LogP contribution in [0.3, 0.4) is 0 Å². The molecule has 28 heavy (non-hydrogen) atoms. The van der Waals surface area contributed by atoms with E-state index in [0.29, 0.717) is 11.3 Å². The Balaban J connectivity index is 1.44. The third-order valence-electron chi connectivity index (χ3n) is 3.56. The van der Waals surface area contributed by atoms with Crippen LogP contribution in [-0.4, -0.2) is 22.5 Å². The lowest BCUT2D eigenvalue weighted by atomic mass is 10.1. The van der Waals surface area contributed by atoms with E-state index in [2.05, 4.69) is 32.9 Å². The van der Waals surface area contributed by atoms with E-state index in [-0.39, 0.29) is 17.4 Å². The number of hydrazone groups is 1. The number of nitrogens with zero attached hydrogens (tertiary/aromatic N) is 2. The van der Waals surface area contributed by atoms with Crippen LogP contribution in [-0.2, 0) is 10.5 Å². The first kappa shape index (κ1) is 20.4. The number of amides is 1. The van der Waals surface area contributed by atoms with Crippen LogP contribution in [0.15, 0.2) is 68.4 Å². The quantitative estimate of drug-likeness (QED) is 0.337.